The second-order valence-electron chi connectivity index (χ2n) is 7.43. The maximum absolute atomic E-state index is 12.7. The lowest BCUT2D eigenvalue weighted by Crippen LogP contribution is -2.45. The Morgan fingerprint density at radius 1 is 1.15 bits per heavy atom. The SMILES string of the molecule is Cc1cnn(-c2ccc(C(=O)N3CCC(NCC4CC4)CC3)cc2)c1.Cl. The minimum absolute atomic E-state index is 0. The molecular formula is C20H27ClN4O. The highest BCUT2D eigenvalue weighted by molar-refractivity contribution is 5.94. The monoisotopic (exact) mass is 374 g/mol. The number of rotatable bonds is 5. The van der Waals surface area contributed by atoms with E-state index in [1.165, 1.54) is 12.8 Å². The molecule has 0 unspecified atom stereocenters. The summed E-state index contributed by atoms with van der Waals surface area (Å²) in [6, 6.07) is 8.32. The largest absolute Gasteiger partial charge is 0.339 e. The van der Waals surface area contributed by atoms with Crippen molar-refractivity contribution >= 4 is 18.3 Å². The molecule has 4 rings (SSSR count). The Bertz CT molecular complexity index is 731. The van der Waals surface area contributed by atoms with E-state index in [-0.39, 0.29) is 18.3 Å². The highest BCUT2D eigenvalue weighted by Gasteiger charge is 2.26. The Kier molecular flexibility index (Phi) is 5.99. The summed E-state index contributed by atoms with van der Waals surface area (Å²) in [7, 11) is 0. The van der Waals surface area contributed by atoms with E-state index in [4.69, 9.17) is 0 Å². The molecule has 2 aliphatic rings. The number of nitrogens with one attached hydrogen (secondary N) is 1. The lowest BCUT2D eigenvalue weighted by molar-refractivity contribution is 0.0705. The van der Waals surface area contributed by atoms with Gasteiger partial charge in [0, 0.05) is 30.9 Å². The Morgan fingerprint density at radius 2 is 1.85 bits per heavy atom. The molecular weight excluding hydrogens is 348 g/mol. The van der Waals surface area contributed by atoms with Gasteiger partial charge in [-0.25, -0.2) is 4.68 Å². The van der Waals surface area contributed by atoms with Crippen LogP contribution in [0.25, 0.3) is 5.69 Å². The first kappa shape index (κ1) is 18.9. The van der Waals surface area contributed by atoms with Crippen LogP contribution in [-0.2, 0) is 0 Å². The second kappa shape index (κ2) is 8.23. The van der Waals surface area contributed by atoms with E-state index in [1.54, 1.807) is 0 Å². The average molecular weight is 375 g/mol. The lowest BCUT2D eigenvalue weighted by atomic mass is 10.0. The summed E-state index contributed by atoms with van der Waals surface area (Å²) in [6.07, 6.45) is 8.71. The molecule has 1 N–H and O–H groups in total. The molecule has 6 heteroatoms. The number of aromatic nitrogens is 2. The molecule has 26 heavy (non-hydrogen) atoms. The summed E-state index contributed by atoms with van der Waals surface area (Å²) in [6.45, 7) is 4.88. The minimum atomic E-state index is 0. The molecule has 1 aliphatic carbocycles. The standard InChI is InChI=1S/C20H26N4O.ClH/c1-15-12-22-24(14-15)19-6-4-17(5-7-19)20(25)23-10-8-18(9-11-23)21-13-16-2-3-16;/h4-7,12,14,16,18,21H,2-3,8-11,13H2,1H3;1H. The number of aryl methyl sites for hydroxylation is 1. The van der Waals surface area contributed by atoms with E-state index >= 15 is 0 Å². The predicted octanol–water partition coefficient (Wildman–Crippen LogP) is 3.21. The fourth-order valence-corrected chi connectivity index (χ4v) is 3.44. The van der Waals surface area contributed by atoms with Gasteiger partial charge in [0.15, 0.2) is 0 Å². The van der Waals surface area contributed by atoms with E-state index in [1.807, 2.05) is 53.2 Å². The molecule has 2 fully saturated rings. The number of hydrogen-bond acceptors (Lipinski definition) is 3. The zero-order valence-electron chi connectivity index (χ0n) is 15.2. The maximum Gasteiger partial charge on any atom is 0.253 e. The van der Waals surface area contributed by atoms with Crippen molar-refractivity contribution < 1.29 is 4.79 Å². The van der Waals surface area contributed by atoms with Gasteiger partial charge >= 0.3 is 0 Å². The third kappa shape index (κ3) is 4.46. The van der Waals surface area contributed by atoms with E-state index in [0.717, 1.165) is 55.2 Å². The Hall–Kier alpha value is -1.85. The summed E-state index contributed by atoms with van der Waals surface area (Å²) < 4.78 is 1.83. The molecule has 0 bridgehead atoms. The number of benzene rings is 1. The van der Waals surface area contributed by atoms with Crippen LogP contribution >= 0.6 is 12.4 Å². The van der Waals surface area contributed by atoms with Crippen molar-refractivity contribution in [2.75, 3.05) is 19.6 Å². The van der Waals surface area contributed by atoms with Crippen LogP contribution in [0.5, 0.6) is 0 Å². The van der Waals surface area contributed by atoms with Gasteiger partial charge in [-0.2, -0.15) is 5.10 Å². The molecule has 0 spiro atoms. The van der Waals surface area contributed by atoms with Crippen molar-refractivity contribution in [1.82, 2.24) is 20.0 Å². The van der Waals surface area contributed by atoms with Crippen LogP contribution in [0, 0.1) is 12.8 Å². The van der Waals surface area contributed by atoms with Crippen molar-refractivity contribution in [3.63, 3.8) is 0 Å². The first-order valence-electron chi connectivity index (χ1n) is 9.33. The fourth-order valence-electron chi connectivity index (χ4n) is 3.44. The van der Waals surface area contributed by atoms with E-state index in [0.29, 0.717) is 6.04 Å². The molecule has 1 saturated carbocycles. The summed E-state index contributed by atoms with van der Waals surface area (Å²) in [4.78, 5) is 14.7. The fraction of sp³-hybridized carbons (Fsp3) is 0.500. The summed E-state index contributed by atoms with van der Waals surface area (Å²) in [5.74, 6) is 1.06. The highest BCUT2D eigenvalue weighted by Crippen LogP contribution is 2.28. The van der Waals surface area contributed by atoms with Crippen molar-refractivity contribution in [1.29, 1.82) is 0 Å². The van der Waals surface area contributed by atoms with Crippen molar-refractivity contribution in [3.8, 4) is 5.69 Å². The molecule has 1 aromatic heterocycles. The first-order valence-corrected chi connectivity index (χ1v) is 9.33. The zero-order chi connectivity index (χ0) is 17.2. The maximum atomic E-state index is 12.7. The molecule has 2 aromatic rings. The van der Waals surface area contributed by atoms with Gasteiger partial charge in [0.1, 0.15) is 0 Å². The van der Waals surface area contributed by atoms with Gasteiger partial charge in [-0.1, -0.05) is 0 Å². The quantitative estimate of drug-likeness (QED) is 0.874. The van der Waals surface area contributed by atoms with Crippen molar-refractivity contribution in [2.24, 2.45) is 5.92 Å². The molecule has 5 nitrogen and oxygen atoms in total. The Labute approximate surface area is 161 Å². The second-order valence-corrected chi connectivity index (χ2v) is 7.43. The molecule has 2 heterocycles. The van der Waals surface area contributed by atoms with Gasteiger partial charge < -0.3 is 10.2 Å². The third-order valence-electron chi connectivity index (χ3n) is 5.26. The molecule has 1 amide bonds. The predicted molar refractivity (Wildman–Crippen MR) is 105 cm³/mol. The molecule has 1 saturated heterocycles. The van der Waals surface area contributed by atoms with E-state index in [2.05, 4.69) is 10.4 Å². The Morgan fingerprint density at radius 3 is 2.42 bits per heavy atom. The van der Waals surface area contributed by atoms with Crippen molar-refractivity contribution in [3.05, 3.63) is 47.8 Å². The van der Waals surface area contributed by atoms with Gasteiger partial charge in [0.05, 0.1) is 11.9 Å². The smallest absolute Gasteiger partial charge is 0.253 e. The first-order chi connectivity index (χ1) is 12.2. The third-order valence-corrected chi connectivity index (χ3v) is 5.26. The topological polar surface area (TPSA) is 50.2 Å². The van der Waals surface area contributed by atoms with E-state index in [9.17, 15) is 4.79 Å². The van der Waals surface area contributed by atoms with Gasteiger partial charge in [0.25, 0.3) is 5.91 Å². The van der Waals surface area contributed by atoms with Crippen molar-refractivity contribution in [2.45, 2.75) is 38.6 Å². The number of piperidine rings is 1. The highest BCUT2D eigenvalue weighted by atomic mass is 35.5. The van der Waals surface area contributed by atoms with Crippen LogP contribution in [0.3, 0.4) is 0 Å². The van der Waals surface area contributed by atoms with Gasteiger partial charge in [-0.15, -0.1) is 12.4 Å². The summed E-state index contributed by atoms with van der Waals surface area (Å²) in [5, 5.41) is 7.97. The van der Waals surface area contributed by atoms with Crippen LogP contribution < -0.4 is 5.32 Å². The van der Waals surface area contributed by atoms with E-state index < -0.39 is 0 Å². The lowest BCUT2D eigenvalue weighted by Gasteiger charge is -2.32. The number of hydrogen-bond donors (Lipinski definition) is 1. The summed E-state index contributed by atoms with van der Waals surface area (Å²) in [5.41, 5.74) is 2.86. The number of carbonyl (C=O) groups is 1. The molecule has 0 radical (unpaired) electrons. The van der Waals surface area contributed by atoms with Crippen LogP contribution in [0.4, 0.5) is 0 Å². The molecule has 1 aliphatic heterocycles. The molecule has 1 aromatic carbocycles. The van der Waals surface area contributed by atoms with Crippen LogP contribution in [-0.4, -0.2) is 46.3 Å². The normalized spacial score (nSPS) is 17.8. The number of likely N-dealkylation sites (tertiary alicyclic amines) is 1. The number of amides is 1. The molecule has 0 atom stereocenters. The zero-order valence-corrected chi connectivity index (χ0v) is 16.0. The van der Waals surface area contributed by atoms with Crippen LogP contribution in [0.15, 0.2) is 36.7 Å². The van der Waals surface area contributed by atoms with Crippen LogP contribution in [0.2, 0.25) is 0 Å². The van der Waals surface area contributed by atoms with Gasteiger partial charge in [0.2, 0.25) is 0 Å². The number of halogens is 1. The minimum Gasteiger partial charge on any atom is -0.339 e. The average Bonchev–Trinajstić information content (AvgIpc) is 3.39. The Balaban J connectivity index is 0.00000196. The van der Waals surface area contributed by atoms with Crippen LogP contribution in [0.1, 0.15) is 41.6 Å². The van der Waals surface area contributed by atoms with Gasteiger partial charge in [-0.3, -0.25) is 4.79 Å². The van der Waals surface area contributed by atoms with Gasteiger partial charge in [-0.05, 0) is 74.9 Å². The number of nitrogens with zero attached hydrogens (tertiary/aromatic N) is 3. The molecule has 140 valence electrons. The number of carbonyl (C=O) groups excluding carboxylic acids is 1. The summed E-state index contributed by atoms with van der Waals surface area (Å²) >= 11 is 0.